The Hall–Kier alpha value is -0.860. The van der Waals surface area contributed by atoms with E-state index in [0.29, 0.717) is 24.1 Å². The first-order valence-electron chi connectivity index (χ1n) is 7.94. The van der Waals surface area contributed by atoms with Gasteiger partial charge in [0.2, 0.25) is 0 Å². The van der Waals surface area contributed by atoms with Gasteiger partial charge in [0.05, 0.1) is 6.10 Å². The van der Waals surface area contributed by atoms with Gasteiger partial charge in [0.15, 0.2) is 0 Å². The second-order valence-corrected chi connectivity index (χ2v) is 7.20. The molecule has 4 atom stereocenters. The molecule has 0 bridgehead atoms. The van der Waals surface area contributed by atoms with Gasteiger partial charge in [-0.1, -0.05) is 43.7 Å². The highest BCUT2D eigenvalue weighted by molar-refractivity contribution is 5.25. The Labute approximate surface area is 122 Å². The van der Waals surface area contributed by atoms with Crippen LogP contribution in [0, 0.1) is 18.3 Å². The number of fused-ring (bicyclic) bond motifs is 1. The molecule has 110 valence electrons. The molecule has 1 saturated carbocycles. The van der Waals surface area contributed by atoms with Gasteiger partial charge in [-0.25, -0.2) is 0 Å². The third-order valence-corrected chi connectivity index (χ3v) is 5.30. The summed E-state index contributed by atoms with van der Waals surface area (Å²) in [5.41, 5.74) is 2.98. The molecule has 2 nitrogen and oxygen atoms in total. The molecule has 3 rings (SSSR count). The first kappa shape index (κ1) is 14.1. The van der Waals surface area contributed by atoms with Gasteiger partial charge in [0.1, 0.15) is 0 Å². The minimum absolute atomic E-state index is 0.253. The summed E-state index contributed by atoms with van der Waals surface area (Å²) in [5.74, 6) is 0.700. The molecule has 2 heteroatoms. The average Bonchev–Trinajstić information content (AvgIpc) is 2.44. The maximum atomic E-state index is 5.99. The predicted octanol–water partition coefficient (Wildman–Crippen LogP) is 3.85. The molecule has 0 amide bonds. The lowest BCUT2D eigenvalue weighted by atomic mass is 9.55. The van der Waals surface area contributed by atoms with E-state index in [9.17, 15) is 0 Å². The van der Waals surface area contributed by atoms with Crippen LogP contribution in [0.1, 0.15) is 50.8 Å². The van der Waals surface area contributed by atoms with E-state index in [0.717, 1.165) is 6.61 Å². The van der Waals surface area contributed by atoms with E-state index in [1.807, 2.05) is 0 Å². The number of hydrogen-bond acceptors (Lipinski definition) is 2. The Morgan fingerprint density at radius 1 is 1.35 bits per heavy atom. The lowest BCUT2D eigenvalue weighted by Crippen LogP contribution is -2.69. The van der Waals surface area contributed by atoms with Crippen LogP contribution >= 0.6 is 0 Å². The lowest BCUT2D eigenvalue weighted by Gasteiger charge is -2.60. The molecule has 1 aromatic rings. The average molecular weight is 273 g/mol. The number of hydrogen-bond donors (Lipinski definition) is 1. The SMILES string of the molecule is Cc1cccc([C@@H](C)NC2C3CCCOC3C2(C)C)c1. The molecular formula is C18H27NO. The smallest absolute Gasteiger partial charge is 0.0684 e. The van der Waals surface area contributed by atoms with Gasteiger partial charge >= 0.3 is 0 Å². The van der Waals surface area contributed by atoms with Gasteiger partial charge in [0, 0.05) is 30.0 Å². The quantitative estimate of drug-likeness (QED) is 0.903. The van der Waals surface area contributed by atoms with Crippen molar-refractivity contribution in [2.45, 2.75) is 58.7 Å². The van der Waals surface area contributed by atoms with Crippen molar-refractivity contribution in [3.05, 3.63) is 35.4 Å². The maximum absolute atomic E-state index is 5.99. The van der Waals surface area contributed by atoms with Crippen molar-refractivity contribution in [3.8, 4) is 0 Å². The summed E-state index contributed by atoms with van der Waals surface area (Å²) in [6, 6.07) is 9.81. The zero-order valence-corrected chi connectivity index (χ0v) is 13.1. The second-order valence-electron chi connectivity index (χ2n) is 7.20. The van der Waals surface area contributed by atoms with Gasteiger partial charge in [-0.15, -0.1) is 0 Å². The minimum Gasteiger partial charge on any atom is -0.377 e. The third-order valence-electron chi connectivity index (χ3n) is 5.30. The van der Waals surface area contributed by atoms with Crippen LogP contribution < -0.4 is 5.32 Å². The van der Waals surface area contributed by atoms with Crippen molar-refractivity contribution in [2.75, 3.05) is 6.61 Å². The fourth-order valence-corrected chi connectivity index (χ4v) is 4.17. The molecule has 1 aliphatic carbocycles. The van der Waals surface area contributed by atoms with Crippen LogP contribution in [0.5, 0.6) is 0 Å². The molecule has 1 N–H and O–H groups in total. The third kappa shape index (κ3) is 2.29. The molecule has 1 aromatic carbocycles. The van der Waals surface area contributed by atoms with Gasteiger partial charge in [-0.05, 0) is 32.3 Å². The standard InChI is InChI=1S/C18H27NO/c1-12-7-5-8-14(11-12)13(2)19-16-15-9-6-10-20-17(15)18(16,3)4/h5,7-8,11,13,15-17,19H,6,9-10H2,1-4H3/t13-,15?,16?,17?/m1/s1. The highest BCUT2D eigenvalue weighted by Crippen LogP contribution is 2.51. The summed E-state index contributed by atoms with van der Waals surface area (Å²) in [6.45, 7) is 10.1. The Bertz CT molecular complexity index is 482. The number of benzene rings is 1. The minimum atomic E-state index is 0.253. The first-order chi connectivity index (χ1) is 9.50. The topological polar surface area (TPSA) is 21.3 Å². The highest BCUT2D eigenvalue weighted by atomic mass is 16.5. The lowest BCUT2D eigenvalue weighted by molar-refractivity contribution is -0.194. The summed E-state index contributed by atoms with van der Waals surface area (Å²) < 4.78 is 5.99. The molecule has 2 fully saturated rings. The summed E-state index contributed by atoms with van der Waals surface area (Å²) in [5, 5.41) is 3.87. The van der Waals surface area contributed by atoms with Crippen molar-refractivity contribution >= 4 is 0 Å². The van der Waals surface area contributed by atoms with E-state index in [2.05, 4.69) is 57.3 Å². The molecule has 20 heavy (non-hydrogen) atoms. The number of rotatable bonds is 3. The molecule has 1 heterocycles. The van der Waals surface area contributed by atoms with Crippen molar-refractivity contribution < 1.29 is 4.74 Å². The van der Waals surface area contributed by atoms with Crippen molar-refractivity contribution in [3.63, 3.8) is 0 Å². The van der Waals surface area contributed by atoms with Crippen LogP contribution in [0.3, 0.4) is 0 Å². The van der Waals surface area contributed by atoms with Crippen LogP contribution in [0.4, 0.5) is 0 Å². The first-order valence-corrected chi connectivity index (χ1v) is 7.94. The normalized spacial score (nSPS) is 33.1. The Kier molecular flexibility index (Phi) is 3.64. The molecule has 3 unspecified atom stereocenters. The molecule has 1 aliphatic heterocycles. The van der Waals surface area contributed by atoms with Crippen LogP contribution in [0.15, 0.2) is 24.3 Å². The van der Waals surface area contributed by atoms with Crippen LogP contribution in [-0.4, -0.2) is 18.8 Å². The Morgan fingerprint density at radius 3 is 2.90 bits per heavy atom. The summed E-state index contributed by atoms with van der Waals surface area (Å²) in [4.78, 5) is 0. The zero-order chi connectivity index (χ0) is 14.3. The summed E-state index contributed by atoms with van der Waals surface area (Å²) in [6.07, 6.45) is 2.99. The van der Waals surface area contributed by atoms with Crippen LogP contribution in [0.25, 0.3) is 0 Å². The zero-order valence-electron chi connectivity index (χ0n) is 13.1. The molecule has 0 spiro atoms. The van der Waals surface area contributed by atoms with E-state index in [4.69, 9.17) is 4.74 Å². The second kappa shape index (κ2) is 5.16. The fraction of sp³-hybridized carbons (Fsp3) is 0.667. The van der Waals surface area contributed by atoms with E-state index < -0.39 is 0 Å². The van der Waals surface area contributed by atoms with Crippen molar-refractivity contribution in [2.24, 2.45) is 11.3 Å². The molecular weight excluding hydrogens is 246 g/mol. The van der Waals surface area contributed by atoms with E-state index >= 15 is 0 Å². The monoisotopic (exact) mass is 273 g/mol. The molecule has 1 saturated heterocycles. The van der Waals surface area contributed by atoms with Crippen LogP contribution in [0.2, 0.25) is 0 Å². The number of ether oxygens (including phenoxy) is 1. The fourth-order valence-electron chi connectivity index (χ4n) is 4.17. The summed E-state index contributed by atoms with van der Waals surface area (Å²) in [7, 11) is 0. The largest absolute Gasteiger partial charge is 0.377 e. The predicted molar refractivity (Wildman–Crippen MR) is 82.8 cm³/mol. The number of nitrogens with one attached hydrogen (secondary N) is 1. The van der Waals surface area contributed by atoms with Crippen molar-refractivity contribution in [1.82, 2.24) is 5.32 Å². The van der Waals surface area contributed by atoms with E-state index in [1.165, 1.54) is 24.0 Å². The van der Waals surface area contributed by atoms with E-state index in [-0.39, 0.29) is 5.41 Å². The molecule has 2 aliphatic rings. The Morgan fingerprint density at radius 2 is 2.15 bits per heavy atom. The molecule has 0 aromatic heterocycles. The summed E-state index contributed by atoms with van der Waals surface area (Å²) >= 11 is 0. The maximum Gasteiger partial charge on any atom is 0.0684 e. The van der Waals surface area contributed by atoms with Crippen molar-refractivity contribution in [1.29, 1.82) is 0 Å². The van der Waals surface area contributed by atoms with Gasteiger partial charge < -0.3 is 10.1 Å². The Balaban J connectivity index is 1.71. The number of aryl methyl sites for hydroxylation is 1. The van der Waals surface area contributed by atoms with E-state index in [1.54, 1.807) is 0 Å². The van der Waals surface area contributed by atoms with Gasteiger partial charge in [-0.2, -0.15) is 0 Å². The van der Waals surface area contributed by atoms with Crippen LogP contribution in [-0.2, 0) is 4.74 Å². The van der Waals surface area contributed by atoms with Gasteiger partial charge in [0.25, 0.3) is 0 Å². The molecule has 0 radical (unpaired) electrons. The van der Waals surface area contributed by atoms with Gasteiger partial charge in [-0.3, -0.25) is 0 Å². The highest BCUT2D eigenvalue weighted by Gasteiger charge is 2.57.